The Kier molecular flexibility index (Phi) is 7.00. The van der Waals surface area contributed by atoms with Crippen LogP contribution in [0.3, 0.4) is 0 Å². The van der Waals surface area contributed by atoms with Crippen molar-refractivity contribution in [3.05, 3.63) is 59.9 Å². The number of carbonyl (C=O) groups is 2. The monoisotopic (exact) mass is 381 g/mol. The molecule has 1 aliphatic rings. The molecule has 2 aromatic rings. The summed E-state index contributed by atoms with van der Waals surface area (Å²) in [5.41, 5.74) is 1.76. The summed E-state index contributed by atoms with van der Waals surface area (Å²) in [6, 6.07) is 11.5. The quantitative estimate of drug-likeness (QED) is 0.749. The lowest BCUT2D eigenvalue weighted by atomic mass is 10.0. The maximum absolute atomic E-state index is 12.4. The van der Waals surface area contributed by atoms with Crippen molar-refractivity contribution in [3.8, 4) is 5.75 Å². The number of ether oxygens (including phenoxy) is 1. The number of benzene rings is 1. The van der Waals surface area contributed by atoms with Gasteiger partial charge in [0.25, 0.3) is 5.91 Å². The van der Waals surface area contributed by atoms with Crippen LogP contribution < -0.4 is 10.1 Å². The molecule has 6 heteroatoms. The fraction of sp³-hybridized carbons (Fsp3) is 0.409. The Bertz CT molecular complexity index is 769. The number of aromatic nitrogens is 1. The molecule has 6 nitrogen and oxygen atoms in total. The van der Waals surface area contributed by atoms with E-state index in [2.05, 4.69) is 10.3 Å². The second-order valence-electron chi connectivity index (χ2n) is 7.14. The fourth-order valence-electron chi connectivity index (χ4n) is 3.25. The molecule has 0 spiro atoms. The third-order valence-corrected chi connectivity index (χ3v) is 4.93. The van der Waals surface area contributed by atoms with Gasteiger partial charge in [-0.25, -0.2) is 0 Å². The van der Waals surface area contributed by atoms with E-state index >= 15 is 0 Å². The standard InChI is InChI=1S/C22H27N3O3/c1-17-6-8-20(9-7-17)28-15-3-5-21(26)25-13-10-19(11-14-25)24-22(27)18-4-2-12-23-16-18/h2,4,6-9,12,16,19H,3,5,10-11,13-15H2,1H3,(H,24,27). The normalized spacial score (nSPS) is 14.5. The number of piperidine rings is 1. The summed E-state index contributed by atoms with van der Waals surface area (Å²) in [4.78, 5) is 30.4. The summed E-state index contributed by atoms with van der Waals surface area (Å²) in [7, 11) is 0. The van der Waals surface area contributed by atoms with Crippen LogP contribution in [-0.2, 0) is 4.79 Å². The zero-order valence-corrected chi connectivity index (χ0v) is 16.3. The van der Waals surface area contributed by atoms with Gasteiger partial charge in [-0.05, 0) is 50.5 Å². The molecule has 1 aliphatic heterocycles. The third kappa shape index (κ3) is 5.81. The first-order valence-electron chi connectivity index (χ1n) is 9.80. The van der Waals surface area contributed by atoms with Gasteiger partial charge in [0.1, 0.15) is 5.75 Å². The van der Waals surface area contributed by atoms with Crippen LogP contribution in [0, 0.1) is 6.92 Å². The van der Waals surface area contributed by atoms with Crippen LogP contribution in [0.4, 0.5) is 0 Å². The highest BCUT2D eigenvalue weighted by molar-refractivity contribution is 5.94. The smallest absolute Gasteiger partial charge is 0.253 e. The van der Waals surface area contributed by atoms with Crippen molar-refractivity contribution >= 4 is 11.8 Å². The molecule has 1 saturated heterocycles. The van der Waals surface area contributed by atoms with Crippen molar-refractivity contribution in [1.29, 1.82) is 0 Å². The van der Waals surface area contributed by atoms with Gasteiger partial charge in [0.2, 0.25) is 5.91 Å². The van der Waals surface area contributed by atoms with Crippen molar-refractivity contribution in [2.24, 2.45) is 0 Å². The highest BCUT2D eigenvalue weighted by Crippen LogP contribution is 2.14. The Morgan fingerprint density at radius 2 is 1.93 bits per heavy atom. The first-order valence-corrected chi connectivity index (χ1v) is 9.80. The number of likely N-dealkylation sites (tertiary alicyclic amines) is 1. The Labute approximate surface area is 165 Å². The SMILES string of the molecule is Cc1ccc(OCCCC(=O)N2CCC(NC(=O)c3cccnc3)CC2)cc1. The molecule has 148 valence electrons. The molecule has 1 N–H and O–H groups in total. The Morgan fingerprint density at radius 3 is 2.61 bits per heavy atom. The van der Waals surface area contributed by atoms with Crippen LogP contribution >= 0.6 is 0 Å². The van der Waals surface area contributed by atoms with E-state index in [1.807, 2.05) is 36.1 Å². The lowest BCUT2D eigenvalue weighted by molar-refractivity contribution is -0.132. The Morgan fingerprint density at radius 1 is 1.18 bits per heavy atom. The van der Waals surface area contributed by atoms with E-state index in [1.165, 1.54) is 5.56 Å². The first-order chi connectivity index (χ1) is 13.6. The number of hydrogen-bond acceptors (Lipinski definition) is 4. The van der Waals surface area contributed by atoms with Crippen LogP contribution in [0.25, 0.3) is 0 Å². The van der Waals surface area contributed by atoms with Gasteiger partial charge in [-0.3, -0.25) is 14.6 Å². The maximum atomic E-state index is 12.4. The van der Waals surface area contributed by atoms with Crippen molar-refractivity contribution in [2.75, 3.05) is 19.7 Å². The summed E-state index contributed by atoms with van der Waals surface area (Å²) in [6.45, 7) is 3.92. The molecule has 0 saturated carbocycles. The van der Waals surface area contributed by atoms with E-state index < -0.39 is 0 Å². The largest absolute Gasteiger partial charge is 0.494 e. The Balaban J connectivity index is 1.33. The van der Waals surface area contributed by atoms with Crippen LogP contribution in [0.15, 0.2) is 48.8 Å². The predicted octanol–water partition coefficient (Wildman–Crippen LogP) is 2.97. The van der Waals surface area contributed by atoms with Gasteiger partial charge in [0.15, 0.2) is 0 Å². The minimum absolute atomic E-state index is 0.0987. The number of hydrogen-bond donors (Lipinski definition) is 1. The highest BCUT2D eigenvalue weighted by atomic mass is 16.5. The lowest BCUT2D eigenvalue weighted by Gasteiger charge is -2.32. The van der Waals surface area contributed by atoms with Gasteiger partial charge < -0.3 is 15.0 Å². The van der Waals surface area contributed by atoms with E-state index in [4.69, 9.17) is 4.74 Å². The Hall–Kier alpha value is -2.89. The maximum Gasteiger partial charge on any atom is 0.253 e. The first kappa shape index (κ1) is 19.9. The molecule has 2 amide bonds. The number of carbonyl (C=O) groups excluding carboxylic acids is 2. The van der Waals surface area contributed by atoms with Crippen molar-refractivity contribution in [3.63, 3.8) is 0 Å². The summed E-state index contributed by atoms with van der Waals surface area (Å²) in [5, 5.41) is 3.03. The van der Waals surface area contributed by atoms with Gasteiger partial charge >= 0.3 is 0 Å². The topological polar surface area (TPSA) is 71.5 Å². The summed E-state index contributed by atoms with van der Waals surface area (Å²) in [5.74, 6) is 0.888. The van der Waals surface area contributed by atoms with E-state index in [9.17, 15) is 9.59 Å². The van der Waals surface area contributed by atoms with Crippen LogP contribution in [-0.4, -0.2) is 47.4 Å². The lowest BCUT2D eigenvalue weighted by Crippen LogP contribution is -2.46. The van der Waals surface area contributed by atoms with Gasteiger partial charge in [-0.2, -0.15) is 0 Å². The number of pyridine rings is 1. The van der Waals surface area contributed by atoms with Gasteiger partial charge in [-0.15, -0.1) is 0 Å². The zero-order chi connectivity index (χ0) is 19.8. The molecule has 0 bridgehead atoms. The zero-order valence-electron chi connectivity index (χ0n) is 16.3. The number of rotatable bonds is 7. The molecule has 0 unspecified atom stereocenters. The minimum atomic E-state index is -0.105. The van der Waals surface area contributed by atoms with Gasteiger partial charge in [0.05, 0.1) is 12.2 Å². The molecule has 1 fully saturated rings. The minimum Gasteiger partial charge on any atom is -0.494 e. The molecule has 0 atom stereocenters. The molecular weight excluding hydrogens is 354 g/mol. The van der Waals surface area contributed by atoms with E-state index in [-0.39, 0.29) is 17.9 Å². The molecule has 0 aliphatic carbocycles. The molecule has 28 heavy (non-hydrogen) atoms. The molecule has 1 aromatic heterocycles. The summed E-state index contributed by atoms with van der Waals surface area (Å²) >= 11 is 0. The molecule has 3 rings (SSSR count). The van der Waals surface area contributed by atoms with E-state index in [0.29, 0.717) is 38.1 Å². The molecule has 2 heterocycles. The molecule has 0 radical (unpaired) electrons. The third-order valence-electron chi connectivity index (χ3n) is 4.93. The summed E-state index contributed by atoms with van der Waals surface area (Å²) in [6.07, 6.45) is 5.94. The van der Waals surface area contributed by atoms with Gasteiger partial charge in [0, 0.05) is 37.9 Å². The van der Waals surface area contributed by atoms with Gasteiger partial charge in [-0.1, -0.05) is 17.7 Å². The molecule has 1 aromatic carbocycles. The highest BCUT2D eigenvalue weighted by Gasteiger charge is 2.23. The van der Waals surface area contributed by atoms with E-state index in [0.717, 1.165) is 18.6 Å². The van der Waals surface area contributed by atoms with Crippen LogP contribution in [0.1, 0.15) is 41.6 Å². The number of aryl methyl sites for hydroxylation is 1. The number of nitrogens with one attached hydrogen (secondary N) is 1. The summed E-state index contributed by atoms with van der Waals surface area (Å²) < 4.78 is 5.68. The van der Waals surface area contributed by atoms with Crippen molar-refractivity contribution < 1.29 is 14.3 Å². The number of amides is 2. The fourth-order valence-corrected chi connectivity index (χ4v) is 3.25. The van der Waals surface area contributed by atoms with Crippen molar-refractivity contribution in [1.82, 2.24) is 15.2 Å². The van der Waals surface area contributed by atoms with Crippen molar-refractivity contribution in [2.45, 2.75) is 38.6 Å². The second-order valence-corrected chi connectivity index (χ2v) is 7.14. The predicted molar refractivity (Wildman–Crippen MR) is 107 cm³/mol. The van der Waals surface area contributed by atoms with E-state index in [1.54, 1.807) is 24.5 Å². The average Bonchev–Trinajstić information content (AvgIpc) is 2.73. The van der Waals surface area contributed by atoms with Crippen LogP contribution in [0.5, 0.6) is 5.75 Å². The molecular formula is C22H27N3O3. The van der Waals surface area contributed by atoms with Crippen LogP contribution in [0.2, 0.25) is 0 Å². The second kappa shape index (κ2) is 9.88. The number of nitrogens with zero attached hydrogens (tertiary/aromatic N) is 2. The average molecular weight is 381 g/mol.